The average molecular weight is 226 g/mol. The number of nitrogens with two attached hydrogens (primary N) is 1. The Hall–Kier alpha value is -0.610. The normalized spacial score (nSPS) is 30.1. The predicted octanol–water partition coefficient (Wildman–Crippen LogP) is 0.751. The summed E-state index contributed by atoms with van der Waals surface area (Å²) >= 11 is 0. The van der Waals surface area contributed by atoms with Crippen molar-refractivity contribution in [2.24, 2.45) is 11.7 Å². The maximum atomic E-state index is 11.8. The summed E-state index contributed by atoms with van der Waals surface area (Å²) in [5.41, 5.74) is 5.51. The molecule has 0 aromatic rings. The van der Waals surface area contributed by atoms with Crippen LogP contribution in [-0.2, 0) is 9.53 Å². The van der Waals surface area contributed by atoms with Crippen LogP contribution in [0.1, 0.15) is 32.6 Å². The van der Waals surface area contributed by atoms with Crippen LogP contribution >= 0.6 is 0 Å². The number of nitrogens with zero attached hydrogens (tertiary/aromatic N) is 1. The number of carbonyl (C=O) groups excluding carboxylic acids is 1. The van der Waals surface area contributed by atoms with Crippen LogP contribution in [0.15, 0.2) is 0 Å². The fraction of sp³-hybridized carbons (Fsp3) is 0.917. The van der Waals surface area contributed by atoms with Crippen LogP contribution in [0, 0.1) is 5.92 Å². The molecule has 2 unspecified atom stereocenters. The first kappa shape index (κ1) is 11.9. The van der Waals surface area contributed by atoms with Gasteiger partial charge in [-0.3, -0.25) is 9.69 Å². The van der Waals surface area contributed by atoms with Gasteiger partial charge in [-0.1, -0.05) is 0 Å². The molecule has 1 saturated heterocycles. The second-order valence-electron chi connectivity index (χ2n) is 5.27. The van der Waals surface area contributed by atoms with Gasteiger partial charge in [0.05, 0.1) is 7.11 Å². The van der Waals surface area contributed by atoms with Gasteiger partial charge in [0, 0.05) is 12.6 Å². The fourth-order valence-electron chi connectivity index (χ4n) is 2.71. The zero-order chi connectivity index (χ0) is 11.8. The smallest absolute Gasteiger partial charge is 0.327 e. The Morgan fingerprint density at radius 1 is 1.50 bits per heavy atom. The summed E-state index contributed by atoms with van der Waals surface area (Å²) in [4.78, 5) is 14.2. The molecule has 0 aromatic heterocycles. The van der Waals surface area contributed by atoms with Gasteiger partial charge in [0.25, 0.3) is 0 Å². The van der Waals surface area contributed by atoms with Crippen molar-refractivity contribution in [2.75, 3.05) is 20.2 Å². The number of rotatable bonds is 4. The molecule has 1 heterocycles. The lowest BCUT2D eigenvalue weighted by Gasteiger charge is -2.33. The largest absolute Gasteiger partial charge is 0.468 e. The summed E-state index contributed by atoms with van der Waals surface area (Å²) in [6, 6.07) is 0.548. The molecule has 4 nitrogen and oxygen atoms in total. The highest BCUT2D eigenvalue weighted by Crippen LogP contribution is 2.40. The zero-order valence-corrected chi connectivity index (χ0v) is 10.2. The minimum absolute atomic E-state index is 0.242. The Kier molecular flexibility index (Phi) is 3.22. The molecule has 1 aliphatic carbocycles. The molecular weight excluding hydrogens is 204 g/mol. The molecule has 2 rings (SSSR count). The van der Waals surface area contributed by atoms with Crippen LogP contribution in [-0.4, -0.2) is 42.6 Å². The van der Waals surface area contributed by atoms with Crippen molar-refractivity contribution < 1.29 is 9.53 Å². The van der Waals surface area contributed by atoms with E-state index in [1.54, 1.807) is 0 Å². The number of esters is 1. The Bertz CT molecular complexity index is 278. The number of likely N-dealkylation sites (tertiary alicyclic amines) is 1. The van der Waals surface area contributed by atoms with E-state index in [9.17, 15) is 4.79 Å². The van der Waals surface area contributed by atoms with Gasteiger partial charge in [-0.2, -0.15) is 0 Å². The van der Waals surface area contributed by atoms with Gasteiger partial charge in [0.2, 0.25) is 0 Å². The van der Waals surface area contributed by atoms with Crippen LogP contribution in [0.3, 0.4) is 0 Å². The number of carbonyl (C=O) groups is 1. The van der Waals surface area contributed by atoms with Crippen molar-refractivity contribution in [3.8, 4) is 0 Å². The SMILES string of the molecule is COC(=O)C(N)(CN1CCCC1C)C1CC1. The fourth-order valence-corrected chi connectivity index (χ4v) is 2.71. The molecule has 2 N–H and O–H groups in total. The lowest BCUT2D eigenvalue weighted by molar-refractivity contribution is -0.149. The van der Waals surface area contributed by atoms with Crippen molar-refractivity contribution in [3.05, 3.63) is 0 Å². The monoisotopic (exact) mass is 226 g/mol. The molecular formula is C12H22N2O2. The van der Waals surface area contributed by atoms with Gasteiger partial charge >= 0.3 is 5.97 Å². The first-order valence-corrected chi connectivity index (χ1v) is 6.19. The molecule has 2 aliphatic rings. The van der Waals surface area contributed by atoms with E-state index in [-0.39, 0.29) is 5.97 Å². The number of hydrogen-bond acceptors (Lipinski definition) is 4. The highest BCUT2D eigenvalue weighted by Gasteiger charge is 2.50. The van der Waals surface area contributed by atoms with Crippen molar-refractivity contribution >= 4 is 5.97 Å². The van der Waals surface area contributed by atoms with Gasteiger partial charge in [0.1, 0.15) is 5.54 Å². The minimum atomic E-state index is -0.770. The van der Waals surface area contributed by atoms with Gasteiger partial charge in [-0.05, 0) is 45.1 Å². The molecule has 0 radical (unpaired) electrons. The summed E-state index contributed by atoms with van der Waals surface area (Å²) in [5.74, 6) is 0.0850. The van der Waals surface area contributed by atoms with Crippen molar-refractivity contribution in [1.82, 2.24) is 4.90 Å². The van der Waals surface area contributed by atoms with E-state index in [2.05, 4.69) is 11.8 Å². The maximum absolute atomic E-state index is 11.8. The summed E-state index contributed by atoms with van der Waals surface area (Å²) in [5, 5.41) is 0. The zero-order valence-electron chi connectivity index (χ0n) is 10.2. The summed E-state index contributed by atoms with van der Waals surface area (Å²) in [7, 11) is 1.43. The van der Waals surface area contributed by atoms with Gasteiger partial charge < -0.3 is 10.5 Å². The topological polar surface area (TPSA) is 55.6 Å². The number of methoxy groups -OCH3 is 1. The Balaban J connectivity index is 2.04. The molecule has 0 bridgehead atoms. The Labute approximate surface area is 97.1 Å². The second-order valence-corrected chi connectivity index (χ2v) is 5.27. The van der Waals surface area contributed by atoms with Crippen LogP contribution < -0.4 is 5.73 Å². The van der Waals surface area contributed by atoms with E-state index in [0.29, 0.717) is 18.5 Å². The van der Waals surface area contributed by atoms with Gasteiger partial charge in [-0.25, -0.2) is 0 Å². The quantitative estimate of drug-likeness (QED) is 0.719. The minimum Gasteiger partial charge on any atom is -0.468 e. The summed E-state index contributed by atoms with van der Waals surface area (Å²) in [6.45, 7) is 3.92. The van der Waals surface area contributed by atoms with Crippen molar-refractivity contribution in [3.63, 3.8) is 0 Å². The highest BCUT2D eigenvalue weighted by molar-refractivity contribution is 5.81. The van der Waals surface area contributed by atoms with Crippen molar-refractivity contribution in [1.29, 1.82) is 0 Å². The second kappa shape index (κ2) is 4.34. The van der Waals surface area contributed by atoms with E-state index in [4.69, 9.17) is 10.5 Å². The third-order valence-electron chi connectivity index (χ3n) is 4.03. The molecule has 1 saturated carbocycles. The molecule has 0 spiro atoms. The molecule has 1 aliphatic heterocycles. The van der Waals surface area contributed by atoms with Crippen LogP contribution in [0.5, 0.6) is 0 Å². The highest BCUT2D eigenvalue weighted by atomic mass is 16.5. The number of hydrogen-bond donors (Lipinski definition) is 1. The first-order valence-electron chi connectivity index (χ1n) is 6.19. The third kappa shape index (κ3) is 2.09. The first-order chi connectivity index (χ1) is 7.58. The summed E-state index contributed by atoms with van der Waals surface area (Å²) < 4.78 is 4.87. The Morgan fingerprint density at radius 3 is 2.62 bits per heavy atom. The third-order valence-corrected chi connectivity index (χ3v) is 4.03. The molecule has 2 fully saturated rings. The van der Waals surface area contributed by atoms with Gasteiger partial charge in [-0.15, -0.1) is 0 Å². The maximum Gasteiger partial charge on any atom is 0.327 e. The van der Waals surface area contributed by atoms with E-state index < -0.39 is 5.54 Å². The molecule has 2 atom stereocenters. The number of ether oxygens (including phenoxy) is 1. The lowest BCUT2D eigenvalue weighted by Crippen LogP contribution is -2.58. The average Bonchev–Trinajstić information content (AvgIpc) is 3.05. The lowest BCUT2D eigenvalue weighted by atomic mass is 9.93. The molecule has 0 aromatic carbocycles. The molecule has 4 heteroatoms. The van der Waals surface area contributed by atoms with Crippen LogP contribution in [0.25, 0.3) is 0 Å². The van der Waals surface area contributed by atoms with Crippen LogP contribution in [0.4, 0.5) is 0 Å². The molecule has 92 valence electrons. The molecule has 0 amide bonds. The Morgan fingerprint density at radius 2 is 2.19 bits per heavy atom. The van der Waals surface area contributed by atoms with Crippen molar-refractivity contribution in [2.45, 2.75) is 44.2 Å². The van der Waals surface area contributed by atoms with E-state index in [0.717, 1.165) is 19.4 Å². The predicted molar refractivity (Wildman–Crippen MR) is 61.9 cm³/mol. The summed E-state index contributed by atoms with van der Waals surface area (Å²) in [6.07, 6.45) is 4.55. The van der Waals surface area contributed by atoms with E-state index in [1.807, 2.05) is 0 Å². The van der Waals surface area contributed by atoms with Gasteiger partial charge in [0.15, 0.2) is 0 Å². The van der Waals surface area contributed by atoms with E-state index >= 15 is 0 Å². The van der Waals surface area contributed by atoms with E-state index in [1.165, 1.54) is 20.0 Å². The standard InChI is InChI=1S/C12H22N2O2/c1-9-4-3-7-14(9)8-12(13,10-5-6-10)11(15)16-2/h9-10H,3-8,13H2,1-2H3. The molecule has 16 heavy (non-hydrogen) atoms. The van der Waals surface area contributed by atoms with Crippen LogP contribution in [0.2, 0.25) is 0 Å².